The van der Waals surface area contributed by atoms with Gasteiger partial charge in [0, 0.05) is 18.6 Å². The van der Waals surface area contributed by atoms with E-state index in [1.54, 1.807) is 24.0 Å². The molecule has 2 fully saturated rings. The highest BCUT2D eigenvalue weighted by Gasteiger charge is 2.35. The third-order valence-electron chi connectivity index (χ3n) is 4.94. The number of nitrogens with zero attached hydrogens (tertiary/aromatic N) is 5. The second-order valence-electron chi connectivity index (χ2n) is 6.77. The van der Waals surface area contributed by atoms with Crippen LogP contribution in [0.1, 0.15) is 31.2 Å². The van der Waals surface area contributed by atoms with E-state index in [0.717, 1.165) is 45.3 Å². The molecule has 24 heavy (non-hydrogen) atoms. The number of likely N-dealkylation sites (tertiary alicyclic amines) is 1. The van der Waals surface area contributed by atoms with Gasteiger partial charge in [-0.3, -0.25) is 14.4 Å². The molecule has 2 aromatic rings. The number of carbonyl (C=O) groups excluding carboxylic acids is 1. The first kappa shape index (κ1) is 15.8. The Balaban J connectivity index is 1.38. The van der Waals surface area contributed by atoms with Gasteiger partial charge in [-0.25, -0.2) is 4.98 Å². The fourth-order valence-electron chi connectivity index (χ4n) is 3.50. The molecule has 1 aliphatic heterocycles. The van der Waals surface area contributed by atoms with Crippen molar-refractivity contribution in [1.82, 2.24) is 24.6 Å². The van der Waals surface area contributed by atoms with Gasteiger partial charge in [-0.05, 0) is 54.6 Å². The van der Waals surface area contributed by atoms with Crippen LogP contribution in [0.3, 0.4) is 0 Å². The van der Waals surface area contributed by atoms with Crippen LogP contribution < -0.4 is 0 Å². The lowest BCUT2D eigenvalue weighted by atomic mass is 10.2. The molecule has 0 spiro atoms. The van der Waals surface area contributed by atoms with Gasteiger partial charge in [0.25, 0.3) is 0 Å². The Hall–Kier alpha value is -1.73. The lowest BCUT2D eigenvalue weighted by Crippen LogP contribution is -2.44. The quantitative estimate of drug-likeness (QED) is 0.770. The standard InChI is InChI=1S/C17H23N5OS/c23-17(22(15-3-4-15)8-14-5-7-24-11-14)10-20-6-1-2-16(20)9-21-13-18-12-19-21/h5,7,11-13,15-16H,1-4,6,8-10H2/t16-/m1/s1. The molecule has 128 valence electrons. The lowest BCUT2D eigenvalue weighted by Gasteiger charge is -2.28. The molecular weight excluding hydrogens is 322 g/mol. The smallest absolute Gasteiger partial charge is 0.237 e. The Morgan fingerprint density at radius 3 is 3.00 bits per heavy atom. The Morgan fingerprint density at radius 2 is 2.29 bits per heavy atom. The number of aromatic nitrogens is 3. The number of carbonyl (C=O) groups is 1. The maximum absolute atomic E-state index is 12.9. The summed E-state index contributed by atoms with van der Waals surface area (Å²) in [6, 6.07) is 2.96. The fourth-order valence-corrected chi connectivity index (χ4v) is 4.16. The third-order valence-corrected chi connectivity index (χ3v) is 5.67. The lowest BCUT2D eigenvalue weighted by molar-refractivity contribution is -0.134. The predicted octanol–water partition coefficient (Wildman–Crippen LogP) is 2.00. The van der Waals surface area contributed by atoms with E-state index in [0.29, 0.717) is 18.6 Å². The second-order valence-corrected chi connectivity index (χ2v) is 7.55. The Labute approximate surface area is 146 Å². The molecular formula is C17H23N5OS. The van der Waals surface area contributed by atoms with Crippen LogP contribution in [0, 0.1) is 0 Å². The number of rotatable bonds is 7. The summed E-state index contributed by atoms with van der Waals surface area (Å²) >= 11 is 1.70. The number of hydrogen-bond donors (Lipinski definition) is 0. The van der Waals surface area contributed by atoms with Gasteiger partial charge >= 0.3 is 0 Å². The number of hydrogen-bond acceptors (Lipinski definition) is 5. The van der Waals surface area contributed by atoms with Crippen LogP contribution in [-0.2, 0) is 17.9 Å². The zero-order valence-corrected chi connectivity index (χ0v) is 14.6. The number of amides is 1. The van der Waals surface area contributed by atoms with E-state index in [9.17, 15) is 4.79 Å². The van der Waals surface area contributed by atoms with E-state index >= 15 is 0 Å². The molecule has 0 bridgehead atoms. The van der Waals surface area contributed by atoms with Gasteiger partial charge < -0.3 is 4.90 Å². The Morgan fingerprint density at radius 1 is 1.38 bits per heavy atom. The molecule has 0 N–H and O–H groups in total. The van der Waals surface area contributed by atoms with Crippen LogP contribution in [0.5, 0.6) is 0 Å². The first-order valence-electron chi connectivity index (χ1n) is 8.66. The molecule has 0 radical (unpaired) electrons. The molecule has 7 heteroatoms. The largest absolute Gasteiger partial charge is 0.334 e. The van der Waals surface area contributed by atoms with Crippen molar-refractivity contribution in [1.29, 1.82) is 0 Å². The fraction of sp³-hybridized carbons (Fsp3) is 0.588. The molecule has 0 unspecified atom stereocenters. The monoisotopic (exact) mass is 345 g/mol. The Kier molecular flexibility index (Phi) is 4.62. The molecule has 1 saturated heterocycles. The van der Waals surface area contributed by atoms with Crippen molar-refractivity contribution in [3.8, 4) is 0 Å². The molecule has 1 aliphatic carbocycles. The second kappa shape index (κ2) is 7.03. The SMILES string of the molecule is O=C(CN1CCC[C@@H]1Cn1cncn1)N(Cc1ccsc1)C1CC1. The van der Waals surface area contributed by atoms with Crippen LogP contribution in [0.4, 0.5) is 0 Å². The van der Waals surface area contributed by atoms with Crippen LogP contribution in [0.25, 0.3) is 0 Å². The highest BCUT2D eigenvalue weighted by atomic mass is 32.1. The maximum Gasteiger partial charge on any atom is 0.237 e. The first-order valence-corrected chi connectivity index (χ1v) is 9.61. The van der Waals surface area contributed by atoms with E-state index < -0.39 is 0 Å². The molecule has 2 aromatic heterocycles. The van der Waals surface area contributed by atoms with E-state index in [1.807, 2.05) is 4.68 Å². The first-order chi connectivity index (χ1) is 11.8. The van der Waals surface area contributed by atoms with Crippen LogP contribution >= 0.6 is 11.3 Å². The minimum atomic E-state index is 0.272. The third kappa shape index (κ3) is 3.67. The van der Waals surface area contributed by atoms with Gasteiger partial charge in [-0.15, -0.1) is 0 Å². The minimum absolute atomic E-state index is 0.272. The van der Waals surface area contributed by atoms with Crippen LogP contribution in [0.2, 0.25) is 0 Å². The zero-order chi connectivity index (χ0) is 16.4. The highest BCUT2D eigenvalue weighted by Crippen LogP contribution is 2.29. The average Bonchev–Trinajstić information content (AvgIpc) is 2.99. The summed E-state index contributed by atoms with van der Waals surface area (Å²) in [4.78, 5) is 21.3. The van der Waals surface area contributed by atoms with Crippen LogP contribution in [0.15, 0.2) is 29.5 Å². The molecule has 6 nitrogen and oxygen atoms in total. The van der Waals surface area contributed by atoms with Crippen molar-refractivity contribution in [2.75, 3.05) is 13.1 Å². The highest BCUT2D eigenvalue weighted by molar-refractivity contribution is 7.07. The van der Waals surface area contributed by atoms with E-state index in [2.05, 4.69) is 36.7 Å². The number of thiophene rings is 1. The molecule has 3 heterocycles. The summed E-state index contributed by atoms with van der Waals surface area (Å²) in [5.41, 5.74) is 1.25. The van der Waals surface area contributed by atoms with Gasteiger partial charge in [-0.1, -0.05) is 0 Å². The Bertz CT molecular complexity index is 653. The zero-order valence-electron chi connectivity index (χ0n) is 13.8. The molecule has 1 amide bonds. The molecule has 0 aromatic carbocycles. The summed E-state index contributed by atoms with van der Waals surface area (Å²) in [5, 5.41) is 8.43. The van der Waals surface area contributed by atoms with Crippen molar-refractivity contribution in [2.24, 2.45) is 0 Å². The summed E-state index contributed by atoms with van der Waals surface area (Å²) in [5.74, 6) is 0.272. The molecule has 1 atom stereocenters. The van der Waals surface area contributed by atoms with Gasteiger partial charge in [0.05, 0.1) is 13.1 Å². The van der Waals surface area contributed by atoms with Gasteiger partial charge in [0.1, 0.15) is 12.7 Å². The predicted molar refractivity (Wildman–Crippen MR) is 92.5 cm³/mol. The van der Waals surface area contributed by atoms with E-state index in [1.165, 1.54) is 5.56 Å². The summed E-state index contributed by atoms with van der Waals surface area (Å²) < 4.78 is 1.87. The molecule has 1 saturated carbocycles. The van der Waals surface area contributed by atoms with Crippen molar-refractivity contribution < 1.29 is 4.79 Å². The maximum atomic E-state index is 12.9. The van der Waals surface area contributed by atoms with Gasteiger partial charge in [-0.2, -0.15) is 16.4 Å². The van der Waals surface area contributed by atoms with Gasteiger partial charge in [0.2, 0.25) is 5.91 Å². The van der Waals surface area contributed by atoms with Crippen LogP contribution in [-0.4, -0.2) is 55.6 Å². The van der Waals surface area contributed by atoms with Crippen molar-refractivity contribution in [3.05, 3.63) is 35.0 Å². The summed E-state index contributed by atoms with van der Waals surface area (Å²) in [6.45, 7) is 3.11. The summed E-state index contributed by atoms with van der Waals surface area (Å²) in [6.07, 6.45) is 7.91. The molecule has 2 aliphatic rings. The van der Waals surface area contributed by atoms with Gasteiger partial charge in [0.15, 0.2) is 0 Å². The topological polar surface area (TPSA) is 54.3 Å². The average molecular weight is 345 g/mol. The van der Waals surface area contributed by atoms with E-state index in [4.69, 9.17) is 0 Å². The van der Waals surface area contributed by atoms with E-state index in [-0.39, 0.29) is 5.91 Å². The van der Waals surface area contributed by atoms with Crippen molar-refractivity contribution in [2.45, 2.75) is 50.9 Å². The van der Waals surface area contributed by atoms with Crippen molar-refractivity contribution >= 4 is 17.2 Å². The minimum Gasteiger partial charge on any atom is -0.334 e. The molecule has 4 rings (SSSR count). The summed E-state index contributed by atoms with van der Waals surface area (Å²) in [7, 11) is 0. The van der Waals surface area contributed by atoms with Crippen molar-refractivity contribution in [3.63, 3.8) is 0 Å². The normalized spacial score (nSPS) is 21.2.